The first kappa shape index (κ1) is 12.9. The summed E-state index contributed by atoms with van der Waals surface area (Å²) in [6.45, 7) is 2.52. The standard InChI is InChI=1S/C15H27NO2/c17-12-13-5-1-4-10-16(13)11-14-6-9-15(18-14)7-2-3-8-15/h13-14,17H,1-12H2. The third-order valence-corrected chi connectivity index (χ3v) is 5.25. The second-order valence-electron chi connectivity index (χ2n) is 6.50. The number of nitrogens with zero attached hydrogens (tertiary/aromatic N) is 1. The highest BCUT2D eigenvalue weighted by molar-refractivity contribution is 4.94. The van der Waals surface area contributed by atoms with Crippen molar-refractivity contribution in [3.63, 3.8) is 0 Å². The lowest BCUT2D eigenvalue weighted by atomic mass is 9.98. The first-order chi connectivity index (χ1) is 8.81. The second kappa shape index (κ2) is 5.48. The van der Waals surface area contributed by atoms with Gasteiger partial charge in [-0.1, -0.05) is 19.3 Å². The third kappa shape index (κ3) is 2.59. The molecule has 0 radical (unpaired) electrons. The molecule has 3 aliphatic rings. The van der Waals surface area contributed by atoms with E-state index in [2.05, 4.69) is 4.90 Å². The molecule has 3 rings (SSSR count). The molecule has 0 aromatic rings. The summed E-state index contributed by atoms with van der Waals surface area (Å²) in [5, 5.41) is 9.46. The Morgan fingerprint density at radius 2 is 1.89 bits per heavy atom. The first-order valence-electron chi connectivity index (χ1n) is 7.84. The number of piperidine rings is 1. The summed E-state index contributed by atoms with van der Waals surface area (Å²) < 4.78 is 6.38. The molecule has 0 aromatic heterocycles. The van der Waals surface area contributed by atoms with Gasteiger partial charge >= 0.3 is 0 Å². The van der Waals surface area contributed by atoms with Crippen LogP contribution in [-0.2, 0) is 4.74 Å². The minimum Gasteiger partial charge on any atom is -0.395 e. The van der Waals surface area contributed by atoms with Gasteiger partial charge in [-0.25, -0.2) is 0 Å². The summed E-state index contributed by atoms with van der Waals surface area (Å²) in [4.78, 5) is 2.47. The van der Waals surface area contributed by atoms with Gasteiger partial charge in [0.25, 0.3) is 0 Å². The van der Waals surface area contributed by atoms with Crippen molar-refractivity contribution < 1.29 is 9.84 Å². The van der Waals surface area contributed by atoms with E-state index in [1.165, 1.54) is 51.4 Å². The summed E-state index contributed by atoms with van der Waals surface area (Å²) >= 11 is 0. The van der Waals surface area contributed by atoms with Crippen molar-refractivity contribution in [1.82, 2.24) is 4.90 Å². The summed E-state index contributed by atoms with van der Waals surface area (Å²) in [5.74, 6) is 0. The monoisotopic (exact) mass is 253 g/mol. The number of aliphatic hydroxyl groups is 1. The topological polar surface area (TPSA) is 32.7 Å². The fourth-order valence-electron chi connectivity index (χ4n) is 4.18. The van der Waals surface area contributed by atoms with Crippen molar-refractivity contribution in [1.29, 1.82) is 0 Å². The SMILES string of the molecule is OCC1CCCCN1CC1CCC2(CCCC2)O1. The zero-order valence-corrected chi connectivity index (χ0v) is 11.4. The van der Waals surface area contributed by atoms with Crippen molar-refractivity contribution in [2.24, 2.45) is 0 Å². The van der Waals surface area contributed by atoms with Crippen LogP contribution in [0.5, 0.6) is 0 Å². The second-order valence-corrected chi connectivity index (χ2v) is 6.50. The lowest BCUT2D eigenvalue weighted by molar-refractivity contribution is -0.0569. The molecule has 104 valence electrons. The van der Waals surface area contributed by atoms with Gasteiger partial charge in [0.1, 0.15) is 0 Å². The van der Waals surface area contributed by atoms with Gasteiger partial charge in [0.2, 0.25) is 0 Å². The zero-order valence-electron chi connectivity index (χ0n) is 11.4. The Balaban J connectivity index is 1.53. The molecule has 18 heavy (non-hydrogen) atoms. The number of rotatable bonds is 3. The predicted octanol–water partition coefficient (Wildman–Crippen LogP) is 2.33. The molecule has 3 heteroatoms. The lowest BCUT2D eigenvalue weighted by Crippen LogP contribution is -2.45. The fraction of sp³-hybridized carbons (Fsp3) is 1.00. The Bertz CT molecular complexity index is 276. The van der Waals surface area contributed by atoms with E-state index in [1.807, 2.05) is 0 Å². The van der Waals surface area contributed by atoms with Gasteiger partial charge in [0.05, 0.1) is 18.3 Å². The molecule has 2 aliphatic heterocycles. The van der Waals surface area contributed by atoms with Crippen molar-refractivity contribution in [2.45, 2.75) is 75.5 Å². The van der Waals surface area contributed by atoms with Crippen LogP contribution in [-0.4, -0.2) is 47.4 Å². The Hall–Kier alpha value is -0.120. The average molecular weight is 253 g/mol. The Kier molecular flexibility index (Phi) is 3.92. The summed E-state index contributed by atoms with van der Waals surface area (Å²) in [5.41, 5.74) is 0.259. The number of hydrogen-bond donors (Lipinski definition) is 1. The largest absolute Gasteiger partial charge is 0.395 e. The molecule has 1 saturated carbocycles. The predicted molar refractivity (Wildman–Crippen MR) is 71.6 cm³/mol. The number of hydrogen-bond acceptors (Lipinski definition) is 3. The number of aliphatic hydroxyl groups excluding tert-OH is 1. The van der Waals surface area contributed by atoms with Crippen LogP contribution in [0, 0.1) is 0 Å². The fourth-order valence-corrected chi connectivity index (χ4v) is 4.18. The molecule has 0 bridgehead atoms. The van der Waals surface area contributed by atoms with E-state index in [0.29, 0.717) is 18.8 Å². The summed E-state index contributed by atoms with van der Waals surface area (Å²) in [7, 11) is 0. The quantitative estimate of drug-likeness (QED) is 0.838. The van der Waals surface area contributed by atoms with Crippen LogP contribution in [0.1, 0.15) is 57.8 Å². The maximum atomic E-state index is 9.46. The zero-order chi connectivity index (χ0) is 12.4. The Morgan fingerprint density at radius 3 is 2.67 bits per heavy atom. The van der Waals surface area contributed by atoms with Crippen LogP contribution in [0.15, 0.2) is 0 Å². The minimum absolute atomic E-state index is 0.259. The van der Waals surface area contributed by atoms with Gasteiger partial charge in [-0.15, -0.1) is 0 Å². The van der Waals surface area contributed by atoms with Gasteiger partial charge < -0.3 is 9.84 Å². The normalized spacial score (nSPS) is 36.5. The lowest BCUT2D eigenvalue weighted by Gasteiger charge is -2.36. The first-order valence-corrected chi connectivity index (χ1v) is 7.84. The van der Waals surface area contributed by atoms with E-state index in [-0.39, 0.29) is 5.60 Å². The van der Waals surface area contributed by atoms with E-state index >= 15 is 0 Å². The third-order valence-electron chi connectivity index (χ3n) is 5.25. The van der Waals surface area contributed by atoms with Crippen LogP contribution >= 0.6 is 0 Å². The van der Waals surface area contributed by atoms with Crippen LogP contribution in [0.4, 0.5) is 0 Å². The highest BCUT2D eigenvalue weighted by atomic mass is 16.5. The molecule has 3 nitrogen and oxygen atoms in total. The average Bonchev–Trinajstić information content (AvgIpc) is 3.01. The van der Waals surface area contributed by atoms with E-state index in [9.17, 15) is 5.11 Å². The van der Waals surface area contributed by atoms with Crippen LogP contribution in [0.25, 0.3) is 0 Å². The van der Waals surface area contributed by atoms with Crippen molar-refractivity contribution >= 4 is 0 Å². The maximum Gasteiger partial charge on any atom is 0.0710 e. The highest BCUT2D eigenvalue weighted by Crippen LogP contribution is 2.43. The van der Waals surface area contributed by atoms with Crippen molar-refractivity contribution in [2.75, 3.05) is 19.7 Å². The molecule has 1 aliphatic carbocycles. The molecule has 2 saturated heterocycles. The molecule has 1 spiro atoms. The smallest absolute Gasteiger partial charge is 0.0710 e. The molecule has 3 fully saturated rings. The Labute approximate surface area is 110 Å². The molecule has 2 unspecified atom stereocenters. The highest BCUT2D eigenvalue weighted by Gasteiger charge is 2.42. The Morgan fingerprint density at radius 1 is 1.06 bits per heavy atom. The molecular formula is C15H27NO2. The van der Waals surface area contributed by atoms with Gasteiger partial charge in [-0.05, 0) is 45.1 Å². The van der Waals surface area contributed by atoms with Gasteiger partial charge in [-0.2, -0.15) is 0 Å². The van der Waals surface area contributed by atoms with E-state index in [1.54, 1.807) is 0 Å². The van der Waals surface area contributed by atoms with Gasteiger partial charge in [0.15, 0.2) is 0 Å². The van der Waals surface area contributed by atoms with Gasteiger partial charge in [0, 0.05) is 12.6 Å². The van der Waals surface area contributed by atoms with E-state index in [0.717, 1.165) is 19.5 Å². The number of ether oxygens (including phenoxy) is 1. The van der Waals surface area contributed by atoms with Crippen LogP contribution in [0.2, 0.25) is 0 Å². The molecule has 2 heterocycles. The van der Waals surface area contributed by atoms with E-state index in [4.69, 9.17) is 4.74 Å². The van der Waals surface area contributed by atoms with Crippen LogP contribution < -0.4 is 0 Å². The molecular weight excluding hydrogens is 226 g/mol. The molecule has 0 aromatic carbocycles. The van der Waals surface area contributed by atoms with Crippen molar-refractivity contribution in [3.05, 3.63) is 0 Å². The number of likely N-dealkylation sites (tertiary alicyclic amines) is 1. The maximum absolute atomic E-state index is 9.46. The van der Waals surface area contributed by atoms with Gasteiger partial charge in [-0.3, -0.25) is 4.90 Å². The van der Waals surface area contributed by atoms with Crippen molar-refractivity contribution in [3.8, 4) is 0 Å². The molecule has 0 amide bonds. The molecule has 2 atom stereocenters. The molecule has 1 N–H and O–H groups in total. The summed E-state index contributed by atoms with van der Waals surface area (Å²) in [6, 6.07) is 0.391. The van der Waals surface area contributed by atoms with Crippen LogP contribution in [0.3, 0.4) is 0 Å². The summed E-state index contributed by atoms with van der Waals surface area (Å²) in [6.07, 6.45) is 11.9. The minimum atomic E-state index is 0.259. The van der Waals surface area contributed by atoms with E-state index < -0.39 is 0 Å².